The first-order chi connectivity index (χ1) is 12.6. The summed E-state index contributed by atoms with van der Waals surface area (Å²) >= 11 is 5.58. The Morgan fingerprint density at radius 3 is 2.44 bits per heavy atom. The van der Waals surface area contributed by atoms with Gasteiger partial charge in [-0.1, -0.05) is 11.6 Å². The lowest BCUT2D eigenvalue weighted by molar-refractivity contribution is -0.137. The standard InChI is InChI=1S/C17H21ClF3N3O3/c1-3-27-16(26)24-8-6-23(7-9-24)11(2)15(25)22-12-4-5-14(18)13(10-12)17(19,20)21/h4-5,10-11H,3,6-9H2,1-2H3,(H,22,25)/t11-/m1/s1. The highest BCUT2D eigenvalue weighted by molar-refractivity contribution is 6.31. The maximum absolute atomic E-state index is 12.9. The van der Waals surface area contributed by atoms with Gasteiger partial charge < -0.3 is 15.0 Å². The molecule has 1 N–H and O–H groups in total. The smallest absolute Gasteiger partial charge is 0.417 e. The van der Waals surface area contributed by atoms with E-state index in [0.717, 1.165) is 12.1 Å². The maximum Gasteiger partial charge on any atom is 0.417 e. The van der Waals surface area contributed by atoms with E-state index in [1.54, 1.807) is 18.7 Å². The number of piperazine rings is 1. The van der Waals surface area contributed by atoms with E-state index in [-0.39, 0.29) is 5.69 Å². The van der Waals surface area contributed by atoms with E-state index in [9.17, 15) is 22.8 Å². The van der Waals surface area contributed by atoms with Gasteiger partial charge in [-0.15, -0.1) is 0 Å². The van der Waals surface area contributed by atoms with E-state index in [1.807, 2.05) is 4.90 Å². The molecule has 2 rings (SSSR count). The van der Waals surface area contributed by atoms with Crippen molar-refractivity contribution in [1.29, 1.82) is 0 Å². The van der Waals surface area contributed by atoms with Gasteiger partial charge in [0.25, 0.3) is 0 Å². The average Bonchev–Trinajstić information content (AvgIpc) is 2.62. The average molecular weight is 408 g/mol. The van der Waals surface area contributed by atoms with E-state index >= 15 is 0 Å². The topological polar surface area (TPSA) is 61.9 Å². The Morgan fingerprint density at radius 2 is 1.89 bits per heavy atom. The minimum absolute atomic E-state index is 0.0220. The second kappa shape index (κ2) is 8.79. The second-order valence-electron chi connectivity index (χ2n) is 6.08. The maximum atomic E-state index is 12.9. The molecule has 150 valence electrons. The molecule has 6 nitrogen and oxygen atoms in total. The van der Waals surface area contributed by atoms with Gasteiger partial charge in [0, 0.05) is 31.9 Å². The number of hydrogen-bond donors (Lipinski definition) is 1. The highest BCUT2D eigenvalue weighted by atomic mass is 35.5. The summed E-state index contributed by atoms with van der Waals surface area (Å²) in [4.78, 5) is 27.5. The molecule has 0 bridgehead atoms. The number of nitrogens with one attached hydrogen (secondary N) is 1. The lowest BCUT2D eigenvalue weighted by atomic mass is 10.1. The molecular formula is C17H21ClF3N3O3. The van der Waals surface area contributed by atoms with Gasteiger partial charge in [0.1, 0.15) is 0 Å². The molecule has 10 heteroatoms. The number of ether oxygens (including phenoxy) is 1. The molecule has 1 heterocycles. The molecule has 1 fully saturated rings. The fourth-order valence-corrected chi connectivity index (χ4v) is 2.96. The number of carbonyl (C=O) groups excluding carboxylic acids is 2. The van der Waals surface area contributed by atoms with Crippen LogP contribution in [0.4, 0.5) is 23.7 Å². The van der Waals surface area contributed by atoms with E-state index in [0.29, 0.717) is 32.8 Å². The van der Waals surface area contributed by atoms with Crippen LogP contribution in [0.15, 0.2) is 18.2 Å². The third-order valence-electron chi connectivity index (χ3n) is 4.31. The number of alkyl halides is 3. The first-order valence-electron chi connectivity index (χ1n) is 8.46. The lowest BCUT2D eigenvalue weighted by Gasteiger charge is -2.36. The van der Waals surface area contributed by atoms with Crippen LogP contribution in [-0.4, -0.2) is 60.6 Å². The number of carbonyl (C=O) groups is 2. The van der Waals surface area contributed by atoms with Crippen molar-refractivity contribution in [3.63, 3.8) is 0 Å². The molecule has 1 aromatic rings. The fourth-order valence-electron chi connectivity index (χ4n) is 2.74. The molecule has 1 atom stereocenters. The number of anilines is 1. The summed E-state index contributed by atoms with van der Waals surface area (Å²) in [6, 6.07) is 2.66. The third-order valence-corrected chi connectivity index (χ3v) is 4.64. The summed E-state index contributed by atoms with van der Waals surface area (Å²) in [5.74, 6) is -0.435. The predicted octanol–water partition coefficient (Wildman–Crippen LogP) is 3.46. The van der Waals surface area contributed by atoms with Crippen molar-refractivity contribution in [3.8, 4) is 0 Å². The van der Waals surface area contributed by atoms with Gasteiger partial charge >= 0.3 is 12.3 Å². The molecule has 0 unspecified atom stereocenters. The third kappa shape index (κ3) is 5.49. The van der Waals surface area contributed by atoms with Crippen LogP contribution in [0.2, 0.25) is 5.02 Å². The van der Waals surface area contributed by atoms with Crippen LogP contribution in [0, 0.1) is 0 Å². The van der Waals surface area contributed by atoms with Crippen LogP contribution >= 0.6 is 11.6 Å². The Labute approximate surface area is 160 Å². The zero-order valence-corrected chi connectivity index (χ0v) is 15.7. The number of rotatable bonds is 4. The Morgan fingerprint density at radius 1 is 1.26 bits per heavy atom. The summed E-state index contributed by atoms with van der Waals surface area (Å²) < 4.78 is 43.7. The van der Waals surface area contributed by atoms with Gasteiger partial charge in [0.15, 0.2) is 0 Å². The molecule has 27 heavy (non-hydrogen) atoms. The molecule has 1 aromatic carbocycles. The summed E-state index contributed by atoms with van der Waals surface area (Å²) in [5, 5.41) is 2.06. The normalized spacial score (nSPS) is 16.7. The Kier molecular flexibility index (Phi) is 6.94. The van der Waals surface area contributed by atoms with Gasteiger partial charge in [0.05, 0.1) is 23.2 Å². The van der Waals surface area contributed by atoms with E-state index in [1.165, 1.54) is 6.07 Å². The van der Waals surface area contributed by atoms with Crippen LogP contribution in [0.25, 0.3) is 0 Å². The zero-order valence-electron chi connectivity index (χ0n) is 15.0. The molecule has 0 aromatic heterocycles. The van der Waals surface area contributed by atoms with Crippen molar-refractivity contribution in [2.45, 2.75) is 26.1 Å². The SMILES string of the molecule is CCOC(=O)N1CCN([C@H](C)C(=O)Nc2ccc(Cl)c(C(F)(F)F)c2)CC1. The van der Waals surface area contributed by atoms with Crippen LogP contribution in [0.1, 0.15) is 19.4 Å². The fraction of sp³-hybridized carbons (Fsp3) is 0.529. The zero-order chi connectivity index (χ0) is 20.2. The lowest BCUT2D eigenvalue weighted by Crippen LogP contribution is -2.54. The minimum Gasteiger partial charge on any atom is -0.450 e. The first-order valence-corrected chi connectivity index (χ1v) is 8.84. The number of halogens is 4. The van der Waals surface area contributed by atoms with E-state index < -0.39 is 34.8 Å². The highest BCUT2D eigenvalue weighted by Crippen LogP contribution is 2.36. The van der Waals surface area contributed by atoms with Crippen LogP contribution in [-0.2, 0) is 15.7 Å². The number of nitrogens with zero attached hydrogens (tertiary/aromatic N) is 2. The molecule has 0 saturated carbocycles. The van der Waals surface area contributed by atoms with Crippen molar-refractivity contribution in [2.24, 2.45) is 0 Å². The summed E-state index contributed by atoms with van der Waals surface area (Å²) in [6.45, 7) is 5.42. The van der Waals surface area contributed by atoms with Crippen LogP contribution in [0.5, 0.6) is 0 Å². The van der Waals surface area contributed by atoms with E-state index in [2.05, 4.69) is 5.32 Å². The number of benzene rings is 1. The van der Waals surface area contributed by atoms with Crippen molar-refractivity contribution < 1.29 is 27.5 Å². The molecular weight excluding hydrogens is 387 g/mol. The van der Waals surface area contributed by atoms with Gasteiger partial charge in [-0.05, 0) is 32.0 Å². The Hall–Kier alpha value is -2.00. The number of hydrogen-bond acceptors (Lipinski definition) is 4. The Balaban J connectivity index is 1.96. The van der Waals surface area contributed by atoms with E-state index in [4.69, 9.17) is 16.3 Å². The molecule has 1 aliphatic rings. The predicted molar refractivity (Wildman–Crippen MR) is 94.7 cm³/mol. The molecule has 0 aliphatic carbocycles. The quantitative estimate of drug-likeness (QED) is 0.830. The molecule has 2 amide bonds. The summed E-state index contributed by atoms with van der Waals surface area (Å²) in [5.41, 5.74) is -0.980. The minimum atomic E-state index is -4.60. The van der Waals surface area contributed by atoms with Crippen molar-refractivity contribution in [2.75, 3.05) is 38.1 Å². The number of amides is 2. The first kappa shape index (κ1) is 21.3. The summed E-state index contributed by atoms with van der Waals surface area (Å²) in [6.07, 6.45) is -5.00. The molecule has 1 saturated heterocycles. The Bertz CT molecular complexity index is 692. The summed E-state index contributed by atoms with van der Waals surface area (Å²) in [7, 11) is 0. The molecule has 1 aliphatic heterocycles. The highest BCUT2D eigenvalue weighted by Gasteiger charge is 2.34. The van der Waals surface area contributed by atoms with Crippen molar-refractivity contribution >= 4 is 29.3 Å². The van der Waals surface area contributed by atoms with Crippen LogP contribution < -0.4 is 5.32 Å². The second-order valence-corrected chi connectivity index (χ2v) is 6.49. The van der Waals surface area contributed by atoms with Gasteiger partial charge in [-0.2, -0.15) is 13.2 Å². The van der Waals surface area contributed by atoms with Crippen LogP contribution in [0.3, 0.4) is 0 Å². The van der Waals surface area contributed by atoms with Gasteiger partial charge in [-0.3, -0.25) is 9.69 Å². The van der Waals surface area contributed by atoms with Gasteiger partial charge in [0.2, 0.25) is 5.91 Å². The van der Waals surface area contributed by atoms with Crippen molar-refractivity contribution in [3.05, 3.63) is 28.8 Å². The molecule has 0 radical (unpaired) electrons. The largest absolute Gasteiger partial charge is 0.450 e. The van der Waals surface area contributed by atoms with Gasteiger partial charge in [-0.25, -0.2) is 4.79 Å². The molecule has 0 spiro atoms. The monoisotopic (exact) mass is 407 g/mol. The van der Waals surface area contributed by atoms with Crippen molar-refractivity contribution in [1.82, 2.24) is 9.80 Å².